The zero-order chi connectivity index (χ0) is 20.4. The average molecular weight is 411 g/mol. The van der Waals surface area contributed by atoms with Gasteiger partial charge >= 0.3 is 0 Å². The Bertz CT molecular complexity index is 968. The van der Waals surface area contributed by atoms with Crippen LogP contribution < -0.4 is 5.32 Å². The normalized spacial score (nSPS) is 19.0. The highest BCUT2D eigenvalue weighted by Crippen LogP contribution is 2.41. The molecular formula is C22H26N4O2S. The van der Waals surface area contributed by atoms with Crippen LogP contribution in [0.5, 0.6) is 0 Å². The lowest BCUT2D eigenvalue weighted by Gasteiger charge is -2.27. The molecule has 1 aliphatic rings. The lowest BCUT2D eigenvalue weighted by atomic mass is 9.96. The molecule has 1 aliphatic heterocycles. The summed E-state index contributed by atoms with van der Waals surface area (Å²) in [6.45, 7) is 6.41. The maximum atomic E-state index is 5.74. The summed E-state index contributed by atoms with van der Waals surface area (Å²) < 4.78 is 13.2. The minimum absolute atomic E-state index is 0.0185. The molecule has 1 fully saturated rings. The van der Waals surface area contributed by atoms with Gasteiger partial charge in [0.1, 0.15) is 5.76 Å². The first-order valence-corrected chi connectivity index (χ1v) is 10.2. The molecule has 0 amide bonds. The third kappa shape index (κ3) is 3.80. The highest BCUT2D eigenvalue weighted by molar-refractivity contribution is 7.80. The van der Waals surface area contributed by atoms with Crippen molar-refractivity contribution in [2.75, 3.05) is 13.7 Å². The summed E-state index contributed by atoms with van der Waals surface area (Å²) in [6.07, 6.45) is 3.53. The van der Waals surface area contributed by atoms with Gasteiger partial charge in [-0.15, -0.1) is 0 Å². The molecular weight excluding hydrogens is 384 g/mol. The highest BCUT2D eigenvalue weighted by Gasteiger charge is 2.41. The van der Waals surface area contributed by atoms with Gasteiger partial charge in [-0.3, -0.25) is 4.98 Å². The summed E-state index contributed by atoms with van der Waals surface area (Å²) in [4.78, 5) is 6.82. The van der Waals surface area contributed by atoms with Crippen molar-refractivity contribution < 1.29 is 9.15 Å². The first-order chi connectivity index (χ1) is 14.1. The van der Waals surface area contributed by atoms with Crippen molar-refractivity contribution in [3.05, 3.63) is 77.3 Å². The molecule has 3 aromatic heterocycles. The lowest BCUT2D eigenvalue weighted by Crippen LogP contribution is -2.29. The van der Waals surface area contributed by atoms with Gasteiger partial charge in [-0.1, -0.05) is 6.07 Å². The maximum Gasteiger partial charge on any atom is 0.170 e. The van der Waals surface area contributed by atoms with E-state index in [2.05, 4.69) is 39.7 Å². The zero-order valence-corrected chi connectivity index (χ0v) is 17.8. The van der Waals surface area contributed by atoms with Crippen LogP contribution in [0, 0.1) is 13.8 Å². The Morgan fingerprint density at radius 1 is 1.24 bits per heavy atom. The molecule has 7 heteroatoms. The average Bonchev–Trinajstić information content (AvgIpc) is 3.42. The molecule has 4 rings (SSSR count). The number of methoxy groups -OCH3 is 1. The van der Waals surface area contributed by atoms with Crippen LogP contribution in [0.2, 0.25) is 0 Å². The number of pyridine rings is 1. The summed E-state index contributed by atoms with van der Waals surface area (Å²) in [5, 5.41) is 4.21. The van der Waals surface area contributed by atoms with Gasteiger partial charge in [-0.05, 0) is 62.0 Å². The predicted molar refractivity (Wildman–Crippen MR) is 115 cm³/mol. The highest BCUT2D eigenvalue weighted by atomic mass is 32.1. The second kappa shape index (κ2) is 8.39. The van der Waals surface area contributed by atoms with Gasteiger partial charge in [0.05, 0.1) is 37.2 Å². The molecule has 3 aromatic rings. The largest absolute Gasteiger partial charge is 0.467 e. The van der Waals surface area contributed by atoms with Crippen molar-refractivity contribution in [1.82, 2.24) is 19.8 Å². The molecule has 0 spiro atoms. The molecule has 1 N–H and O–H groups in total. The first kappa shape index (κ1) is 19.7. The van der Waals surface area contributed by atoms with Gasteiger partial charge in [-0.25, -0.2) is 0 Å². The van der Waals surface area contributed by atoms with E-state index in [-0.39, 0.29) is 12.1 Å². The Hall–Kier alpha value is -2.64. The van der Waals surface area contributed by atoms with Crippen molar-refractivity contribution in [1.29, 1.82) is 0 Å². The molecule has 29 heavy (non-hydrogen) atoms. The van der Waals surface area contributed by atoms with Crippen molar-refractivity contribution in [2.24, 2.45) is 0 Å². The molecule has 2 unspecified atom stereocenters. The second-order valence-electron chi connectivity index (χ2n) is 7.30. The standard InChI is InChI=1S/C22H26N4O2S/c1-15-13-18(16(2)25(15)10-12-27-3)21-20(19-8-4-5-9-23-19)24-22(29)26(21)14-17-7-6-11-28-17/h4-9,11,13,20-21H,10,12,14H2,1-3H3,(H,24,29). The summed E-state index contributed by atoms with van der Waals surface area (Å²) >= 11 is 5.74. The van der Waals surface area contributed by atoms with Crippen LogP contribution in [0.15, 0.2) is 53.3 Å². The van der Waals surface area contributed by atoms with Gasteiger partial charge < -0.3 is 23.9 Å². The van der Waals surface area contributed by atoms with E-state index >= 15 is 0 Å². The van der Waals surface area contributed by atoms with Gasteiger partial charge in [0.2, 0.25) is 0 Å². The van der Waals surface area contributed by atoms with Crippen LogP contribution in [-0.4, -0.2) is 33.3 Å². The van der Waals surface area contributed by atoms with Crippen LogP contribution in [-0.2, 0) is 17.8 Å². The molecule has 0 aromatic carbocycles. The molecule has 0 radical (unpaired) electrons. The summed E-state index contributed by atoms with van der Waals surface area (Å²) in [5.41, 5.74) is 4.66. The minimum atomic E-state index is -0.0324. The number of hydrogen-bond donors (Lipinski definition) is 1. The minimum Gasteiger partial charge on any atom is -0.467 e. The summed E-state index contributed by atoms with van der Waals surface area (Å²) in [6, 6.07) is 12.1. The molecule has 0 aliphatic carbocycles. The molecule has 0 saturated carbocycles. The third-order valence-electron chi connectivity index (χ3n) is 5.55. The van der Waals surface area contributed by atoms with E-state index in [0.29, 0.717) is 18.3 Å². The zero-order valence-electron chi connectivity index (χ0n) is 17.0. The smallest absolute Gasteiger partial charge is 0.170 e. The fraction of sp³-hybridized carbons (Fsp3) is 0.364. The topological polar surface area (TPSA) is 55.5 Å². The monoisotopic (exact) mass is 410 g/mol. The number of ether oxygens (including phenoxy) is 1. The maximum absolute atomic E-state index is 5.74. The van der Waals surface area contributed by atoms with Crippen LogP contribution in [0.3, 0.4) is 0 Å². The van der Waals surface area contributed by atoms with Crippen LogP contribution in [0.4, 0.5) is 0 Å². The Morgan fingerprint density at radius 3 is 2.79 bits per heavy atom. The lowest BCUT2D eigenvalue weighted by molar-refractivity contribution is 0.186. The fourth-order valence-corrected chi connectivity index (χ4v) is 4.44. The Morgan fingerprint density at radius 2 is 2.10 bits per heavy atom. The molecule has 1 saturated heterocycles. The third-order valence-corrected chi connectivity index (χ3v) is 5.91. The van der Waals surface area contributed by atoms with Crippen LogP contribution in [0.1, 0.15) is 40.5 Å². The van der Waals surface area contributed by atoms with E-state index in [1.165, 1.54) is 17.0 Å². The number of thiocarbonyl (C=S) groups is 1. The van der Waals surface area contributed by atoms with Gasteiger partial charge in [0.15, 0.2) is 5.11 Å². The quantitative estimate of drug-likeness (QED) is 0.596. The van der Waals surface area contributed by atoms with Gasteiger partial charge in [0, 0.05) is 31.2 Å². The van der Waals surface area contributed by atoms with Crippen molar-refractivity contribution in [3.8, 4) is 0 Å². The number of nitrogens with zero attached hydrogens (tertiary/aromatic N) is 3. The number of aryl methyl sites for hydroxylation is 1. The number of furan rings is 1. The van der Waals surface area contributed by atoms with Gasteiger partial charge in [-0.2, -0.15) is 0 Å². The summed E-state index contributed by atoms with van der Waals surface area (Å²) in [5.74, 6) is 0.883. The number of rotatable bonds is 7. The fourth-order valence-electron chi connectivity index (χ4n) is 4.14. The van der Waals surface area contributed by atoms with E-state index in [9.17, 15) is 0 Å². The Labute approximate surface area is 176 Å². The van der Waals surface area contributed by atoms with Crippen molar-refractivity contribution in [2.45, 2.75) is 39.0 Å². The predicted octanol–water partition coefficient (Wildman–Crippen LogP) is 3.91. The molecule has 6 nitrogen and oxygen atoms in total. The van der Waals surface area contributed by atoms with E-state index < -0.39 is 0 Å². The molecule has 152 valence electrons. The van der Waals surface area contributed by atoms with E-state index in [1.807, 2.05) is 36.5 Å². The SMILES string of the molecule is COCCn1c(C)cc(C2C(c3ccccn3)NC(=S)N2Cc2ccco2)c1C. The number of nitrogens with one attached hydrogen (secondary N) is 1. The molecule has 0 bridgehead atoms. The van der Waals surface area contributed by atoms with E-state index in [1.54, 1.807) is 13.4 Å². The van der Waals surface area contributed by atoms with E-state index in [0.717, 1.165) is 18.0 Å². The van der Waals surface area contributed by atoms with Crippen LogP contribution >= 0.6 is 12.2 Å². The van der Waals surface area contributed by atoms with Crippen molar-refractivity contribution >= 4 is 17.3 Å². The second-order valence-corrected chi connectivity index (χ2v) is 7.69. The molecule has 4 heterocycles. The van der Waals surface area contributed by atoms with Crippen LogP contribution in [0.25, 0.3) is 0 Å². The number of aromatic nitrogens is 2. The molecule has 2 atom stereocenters. The van der Waals surface area contributed by atoms with Crippen molar-refractivity contribution in [3.63, 3.8) is 0 Å². The summed E-state index contributed by atoms with van der Waals surface area (Å²) in [7, 11) is 1.73. The Kier molecular flexibility index (Phi) is 5.69. The van der Waals surface area contributed by atoms with Gasteiger partial charge in [0.25, 0.3) is 0 Å². The first-order valence-electron chi connectivity index (χ1n) is 9.76. The Balaban J connectivity index is 1.76. The van der Waals surface area contributed by atoms with E-state index in [4.69, 9.17) is 21.4 Å². The number of hydrogen-bond acceptors (Lipinski definition) is 4.